The Bertz CT molecular complexity index is 517. The highest BCUT2D eigenvalue weighted by Gasteiger charge is 2.28. The van der Waals surface area contributed by atoms with E-state index in [0.717, 1.165) is 43.8 Å². The van der Waals surface area contributed by atoms with Crippen LogP contribution in [0.1, 0.15) is 43.0 Å². The molecule has 2 aliphatic rings. The Morgan fingerprint density at radius 3 is 2.50 bits per heavy atom. The van der Waals surface area contributed by atoms with Crippen LogP contribution in [0, 0.1) is 5.92 Å². The molecule has 5 nitrogen and oxygen atoms in total. The number of rotatable bonds is 3. The van der Waals surface area contributed by atoms with Gasteiger partial charge in [-0.15, -0.1) is 0 Å². The molecule has 1 saturated carbocycles. The minimum absolute atomic E-state index is 0.396. The number of nitrogens with two attached hydrogens (primary N) is 1. The highest BCUT2D eigenvalue weighted by molar-refractivity contribution is 5.98. The lowest BCUT2D eigenvalue weighted by Crippen LogP contribution is -2.51. The number of nitrogens with zero attached hydrogens (tertiary/aromatic N) is 3. The average Bonchev–Trinajstić information content (AvgIpc) is 2.56. The van der Waals surface area contributed by atoms with Crippen LogP contribution < -0.4 is 10.6 Å². The van der Waals surface area contributed by atoms with Gasteiger partial charge in [0.15, 0.2) is 0 Å². The Morgan fingerprint density at radius 1 is 1.18 bits per heavy atom. The van der Waals surface area contributed by atoms with E-state index in [-0.39, 0.29) is 0 Å². The maximum Gasteiger partial charge on any atom is 0.252 e. The van der Waals surface area contributed by atoms with Gasteiger partial charge in [-0.3, -0.25) is 14.7 Å². The zero-order valence-corrected chi connectivity index (χ0v) is 13.4. The fraction of sp³-hybridized carbons (Fsp3) is 0.647. The number of carbonyl (C=O) groups is 1. The highest BCUT2D eigenvalue weighted by Crippen LogP contribution is 2.28. The van der Waals surface area contributed by atoms with Gasteiger partial charge in [0.25, 0.3) is 5.91 Å². The van der Waals surface area contributed by atoms with Crippen molar-refractivity contribution in [1.82, 2.24) is 9.88 Å². The summed E-state index contributed by atoms with van der Waals surface area (Å²) in [6, 6.07) is 2.66. The molecular formula is C17H26N4O. The smallest absolute Gasteiger partial charge is 0.252 e. The second-order valence-electron chi connectivity index (χ2n) is 6.69. The Kier molecular flexibility index (Phi) is 4.62. The Labute approximate surface area is 132 Å². The minimum Gasteiger partial charge on any atom is -0.368 e. The predicted molar refractivity (Wildman–Crippen MR) is 88.0 cm³/mol. The maximum atomic E-state index is 11.6. The molecular weight excluding hydrogens is 276 g/mol. The number of anilines is 1. The topological polar surface area (TPSA) is 62.5 Å². The van der Waals surface area contributed by atoms with Crippen molar-refractivity contribution < 1.29 is 4.79 Å². The van der Waals surface area contributed by atoms with Crippen molar-refractivity contribution in [3.8, 4) is 0 Å². The van der Waals surface area contributed by atoms with E-state index in [1.165, 1.54) is 25.7 Å². The zero-order chi connectivity index (χ0) is 15.5. The summed E-state index contributed by atoms with van der Waals surface area (Å²) in [6.45, 7) is 6.41. The number of aromatic nitrogens is 1. The number of piperazine rings is 1. The number of amides is 1. The van der Waals surface area contributed by atoms with Crippen LogP contribution >= 0.6 is 0 Å². The molecule has 1 amide bonds. The third-order valence-corrected chi connectivity index (χ3v) is 5.22. The van der Waals surface area contributed by atoms with E-state index in [2.05, 4.69) is 21.7 Å². The van der Waals surface area contributed by atoms with Gasteiger partial charge in [0, 0.05) is 44.6 Å². The van der Waals surface area contributed by atoms with Gasteiger partial charge in [-0.1, -0.05) is 6.92 Å². The summed E-state index contributed by atoms with van der Waals surface area (Å²) >= 11 is 0. The summed E-state index contributed by atoms with van der Waals surface area (Å²) in [5.41, 5.74) is 6.92. The van der Waals surface area contributed by atoms with Crippen LogP contribution in [0.15, 0.2) is 18.5 Å². The zero-order valence-electron chi connectivity index (χ0n) is 13.4. The SMILES string of the molecule is CC1CCC(N2CCN(c3ccncc3C(N)=O)CC2)CC1. The van der Waals surface area contributed by atoms with E-state index in [1.807, 2.05) is 6.07 Å². The van der Waals surface area contributed by atoms with Gasteiger partial charge in [-0.25, -0.2) is 0 Å². The maximum absolute atomic E-state index is 11.6. The normalized spacial score (nSPS) is 26.9. The van der Waals surface area contributed by atoms with Crippen LogP contribution in [0.5, 0.6) is 0 Å². The molecule has 3 rings (SSSR count). The van der Waals surface area contributed by atoms with Crippen LogP contribution in [0.4, 0.5) is 5.69 Å². The van der Waals surface area contributed by atoms with E-state index < -0.39 is 5.91 Å². The average molecular weight is 302 g/mol. The lowest BCUT2D eigenvalue weighted by Gasteiger charge is -2.42. The molecule has 1 aromatic rings. The van der Waals surface area contributed by atoms with Crippen molar-refractivity contribution in [2.45, 2.75) is 38.6 Å². The molecule has 0 spiro atoms. The monoisotopic (exact) mass is 302 g/mol. The third-order valence-electron chi connectivity index (χ3n) is 5.22. The first-order valence-corrected chi connectivity index (χ1v) is 8.38. The van der Waals surface area contributed by atoms with Crippen LogP contribution in [0.25, 0.3) is 0 Å². The van der Waals surface area contributed by atoms with E-state index in [9.17, 15) is 4.79 Å². The molecule has 0 radical (unpaired) electrons. The summed E-state index contributed by atoms with van der Waals surface area (Å²) in [7, 11) is 0. The fourth-order valence-electron chi connectivity index (χ4n) is 3.79. The van der Waals surface area contributed by atoms with Crippen molar-refractivity contribution in [3.05, 3.63) is 24.0 Å². The second kappa shape index (κ2) is 6.65. The van der Waals surface area contributed by atoms with Gasteiger partial charge < -0.3 is 10.6 Å². The highest BCUT2D eigenvalue weighted by atomic mass is 16.1. The predicted octanol–water partition coefficient (Wildman–Crippen LogP) is 1.88. The van der Waals surface area contributed by atoms with Gasteiger partial charge in [0.2, 0.25) is 0 Å². The number of hydrogen-bond acceptors (Lipinski definition) is 4. The number of carbonyl (C=O) groups excluding carboxylic acids is 1. The molecule has 0 atom stereocenters. The van der Waals surface area contributed by atoms with Crippen molar-refractivity contribution >= 4 is 11.6 Å². The van der Waals surface area contributed by atoms with Crippen LogP contribution in [-0.2, 0) is 0 Å². The quantitative estimate of drug-likeness (QED) is 0.926. The molecule has 0 aromatic carbocycles. The molecule has 0 unspecified atom stereocenters. The van der Waals surface area contributed by atoms with Crippen LogP contribution in [0.3, 0.4) is 0 Å². The first-order chi connectivity index (χ1) is 10.6. The lowest BCUT2D eigenvalue weighted by molar-refractivity contribution is 0.0999. The van der Waals surface area contributed by atoms with Gasteiger partial charge in [0.05, 0.1) is 11.3 Å². The summed E-state index contributed by atoms with van der Waals surface area (Å²) in [5.74, 6) is 0.499. The molecule has 2 N–H and O–H groups in total. The summed E-state index contributed by atoms with van der Waals surface area (Å²) in [5, 5.41) is 0. The van der Waals surface area contributed by atoms with E-state index in [1.54, 1.807) is 12.4 Å². The standard InChI is InChI=1S/C17H26N4O/c1-13-2-4-14(5-3-13)20-8-10-21(11-9-20)16-6-7-19-12-15(16)17(18)22/h6-7,12-14H,2-5,8-11H2,1H3,(H2,18,22). The van der Waals surface area contributed by atoms with Crippen molar-refractivity contribution in [3.63, 3.8) is 0 Å². The molecule has 2 heterocycles. The van der Waals surface area contributed by atoms with Gasteiger partial charge in [-0.05, 0) is 37.7 Å². The summed E-state index contributed by atoms with van der Waals surface area (Å²) < 4.78 is 0. The van der Waals surface area contributed by atoms with E-state index in [4.69, 9.17) is 5.73 Å². The van der Waals surface area contributed by atoms with E-state index >= 15 is 0 Å². The van der Waals surface area contributed by atoms with Gasteiger partial charge in [0.1, 0.15) is 0 Å². The Balaban J connectivity index is 1.61. The molecule has 5 heteroatoms. The van der Waals surface area contributed by atoms with Crippen molar-refractivity contribution in [1.29, 1.82) is 0 Å². The lowest BCUT2D eigenvalue weighted by atomic mass is 9.86. The molecule has 2 fully saturated rings. The number of hydrogen-bond donors (Lipinski definition) is 1. The van der Waals surface area contributed by atoms with E-state index in [0.29, 0.717) is 5.56 Å². The minimum atomic E-state index is -0.396. The van der Waals surface area contributed by atoms with Crippen LogP contribution in [0.2, 0.25) is 0 Å². The van der Waals surface area contributed by atoms with Gasteiger partial charge in [-0.2, -0.15) is 0 Å². The first kappa shape index (κ1) is 15.3. The fourth-order valence-corrected chi connectivity index (χ4v) is 3.79. The second-order valence-corrected chi connectivity index (χ2v) is 6.69. The summed E-state index contributed by atoms with van der Waals surface area (Å²) in [6.07, 6.45) is 8.71. The molecule has 0 bridgehead atoms. The van der Waals surface area contributed by atoms with Gasteiger partial charge >= 0.3 is 0 Å². The number of primary amides is 1. The van der Waals surface area contributed by atoms with Crippen molar-refractivity contribution in [2.75, 3.05) is 31.1 Å². The largest absolute Gasteiger partial charge is 0.368 e. The van der Waals surface area contributed by atoms with Crippen molar-refractivity contribution in [2.24, 2.45) is 11.7 Å². The summed E-state index contributed by atoms with van der Waals surface area (Å²) in [4.78, 5) is 20.5. The molecule has 1 aliphatic carbocycles. The number of pyridine rings is 1. The first-order valence-electron chi connectivity index (χ1n) is 8.38. The Morgan fingerprint density at radius 2 is 1.86 bits per heavy atom. The molecule has 1 aromatic heterocycles. The third kappa shape index (κ3) is 3.24. The molecule has 120 valence electrons. The Hall–Kier alpha value is -1.62. The molecule has 1 aliphatic heterocycles. The van der Waals surface area contributed by atoms with Crippen LogP contribution in [-0.4, -0.2) is 48.0 Å². The molecule has 1 saturated heterocycles. The molecule has 22 heavy (non-hydrogen) atoms.